The number of hydrogen-bond acceptors (Lipinski definition) is 6. The van der Waals surface area contributed by atoms with Gasteiger partial charge in [-0.15, -0.1) is 0 Å². The molecule has 3 N–H and O–H groups in total. The maximum Gasteiger partial charge on any atom is 0.336 e. The van der Waals surface area contributed by atoms with Crippen molar-refractivity contribution in [2.45, 2.75) is 63.6 Å². The Morgan fingerprint density at radius 3 is 1.69 bits per heavy atom. The Kier molecular flexibility index (Phi) is 12.9. The minimum atomic E-state index is -1.88. The first-order chi connectivity index (χ1) is 21.8. The van der Waals surface area contributed by atoms with E-state index >= 15 is 0 Å². The fraction of sp³-hybridized carbons (Fsp3) is 0.361. The zero-order chi connectivity index (χ0) is 32.0. The van der Waals surface area contributed by atoms with Gasteiger partial charge in [-0.25, -0.2) is 14.7 Å². The van der Waals surface area contributed by atoms with Crippen LogP contribution in [0.5, 0.6) is 0 Å². The molecular weight excluding hydrogens is 574 g/mol. The molecule has 0 saturated carbocycles. The number of hydroxylamine groups is 2. The molecule has 0 bridgehead atoms. The van der Waals surface area contributed by atoms with Crippen LogP contribution in [0.3, 0.4) is 0 Å². The molecule has 4 aromatic carbocycles. The molecule has 0 aromatic heterocycles. The molecule has 238 valence electrons. The molecule has 2 atom stereocenters. The Hall–Kier alpha value is -4.31. The third-order valence-electron chi connectivity index (χ3n) is 7.77. The summed E-state index contributed by atoms with van der Waals surface area (Å²) in [6.07, 6.45) is 2.38. The van der Waals surface area contributed by atoms with Crippen molar-refractivity contribution in [1.29, 1.82) is 0 Å². The predicted octanol–water partition coefficient (Wildman–Crippen LogP) is 6.28. The van der Waals surface area contributed by atoms with Crippen LogP contribution in [-0.2, 0) is 36.7 Å². The average Bonchev–Trinajstić information content (AvgIpc) is 3.04. The second kappa shape index (κ2) is 17.2. The third kappa shape index (κ3) is 10.4. The first-order valence-corrected chi connectivity index (χ1v) is 15.5. The van der Waals surface area contributed by atoms with E-state index in [2.05, 4.69) is 60.7 Å². The van der Waals surface area contributed by atoms with Gasteiger partial charge in [0.25, 0.3) is 5.91 Å². The van der Waals surface area contributed by atoms with Crippen LogP contribution in [-0.4, -0.2) is 70.3 Å². The molecule has 0 radical (unpaired) electrons. The van der Waals surface area contributed by atoms with E-state index in [1.807, 2.05) is 24.3 Å². The molecule has 0 aliphatic carbocycles. The number of carbonyl (C=O) groups excluding carboxylic acids is 1. The highest BCUT2D eigenvalue weighted by molar-refractivity contribution is 5.88. The maximum absolute atomic E-state index is 13.1. The van der Waals surface area contributed by atoms with Gasteiger partial charge in [0.1, 0.15) is 6.61 Å². The van der Waals surface area contributed by atoms with Crippen LogP contribution in [0.15, 0.2) is 84.9 Å². The number of aryl methyl sites for hydroxylation is 2. The summed E-state index contributed by atoms with van der Waals surface area (Å²) in [6.45, 7) is -0.891. The van der Waals surface area contributed by atoms with Crippen LogP contribution in [0, 0.1) is 0 Å². The van der Waals surface area contributed by atoms with Gasteiger partial charge in [0.2, 0.25) is 0 Å². The van der Waals surface area contributed by atoms with E-state index in [0.29, 0.717) is 17.9 Å². The Bertz CT molecular complexity index is 1570. The van der Waals surface area contributed by atoms with Gasteiger partial charge in [-0.2, -0.15) is 0 Å². The lowest BCUT2D eigenvalue weighted by atomic mass is 10.0. The molecule has 4 rings (SSSR count). The summed E-state index contributed by atoms with van der Waals surface area (Å²) >= 11 is 0. The van der Waals surface area contributed by atoms with Crippen molar-refractivity contribution < 1.29 is 39.3 Å². The number of aliphatic carboxylic acids is 2. The SMILES string of the molecule is O=C(O)COC(C(=O)O)C(OCCCCCc1ccc2ccccc2c1)C(=O)N(O)CCCCCc1ccc2ccccc2c1. The molecular formula is C36H41NO8. The highest BCUT2D eigenvalue weighted by Gasteiger charge is 2.38. The Labute approximate surface area is 262 Å². The van der Waals surface area contributed by atoms with Crippen molar-refractivity contribution >= 4 is 39.4 Å². The molecule has 1 amide bonds. The van der Waals surface area contributed by atoms with Gasteiger partial charge in [-0.05, 0) is 71.2 Å². The van der Waals surface area contributed by atoms with Gasteiger partial charge < -0.3 is 19.7 Å². The van der Waals surface area contributed by atoms with Crippen LogP contribution in [0.1, 0.15) is 49.7 Å². The topological polar surface area (TPSA) is 134 Å². The van der Waals surface area contributed by atoms with Gasteiger partial charge in [-0.3, -0.25) is 10.0 Å². The van der Waals surface area contributed by atoms with E-state index < -0.39 is 36.7 Å². The lowest BCUT2D eigenvalue weighted by Crippen LogP contribution is -2.50. The second-order valence-electron chi connectivity index (χ2n) is 11.2. The lowest BCUT2D eigenvalue weighted by Gasteiger charge is -2.26. The van der Waals surface area contributed by atoms with E-state index in [4.69, 9.17) is 14.6 Å². The van der Waals surface area contributed by atoms with Crippen LogP contribution < -0.4 is 0 Å². The number of ether oxygens (including phenoxy) is 2. The molecule has 0 fully saturated rings. The smallest absolute Gasteiger partial charge is 0.336 e. The average molecular weight is 616 g/mol. The number of nitrogens with zero attached hydrogens (tertiary/aromatic N) is 1. The second-order valence-corrected chi connectivity index (χ2v) is 11.2. The largest absolute Gasteiger partial charge is 0.480 e. The van der Waals surface area contributed by atoms with E-state index in [1.165, 1.54) is 32.7 Å². The molecule has 9 heteroatoms. The van der Waals surface area contributed by atoms with E-state index in [1.54, 1.807) is 0 Å². The maximum atomic E-state index is 13.1. The number of rotatable bonds is 19. The van der Waals surface area contributed by atoms with Gasteiger partial charge in [-0.1, -0.05) is 97.8 Å². The summed E-state index contributed by atoms with van der Waals surface area (Å²) in [6, 6.07) is 29.0. The van der Waals surface area contributed by atoms with E-state index in [0.717, 1.165) is 38.5 Å². The minimum absolute atomic E-state index is 0.0204. The molecule has 4 aromatic rings. The van der Waals surface area contributed by atoms with Crippen LogP contribution >= 0.6 is 0 Å². The van der Waals surface area contributed by atoms with Gasteiger partial charge in [0, 0.05) is 13.2 Å². The lowest BCUT2D eigenvalue weighted by molar-refractivity contribution is -0.194. The highest BCUT2D eigenvalue weighted by atomic mass is 16.6. The Morgan fingerprint density at radius 1 is 0.622 bits per heavy atom. The summed E-state index contributed by atoms with van der Waals surface area (Å²) in [4.78, 5) is 36.1. The number of unbranched alkanes of at least 4 members (excludes halogenated alkanes) is 4. The van der Waals surface area contributed by atoms with Crippen LogP contribution in [0.25, 0.3) is 21.5 Å². The first-order valence-electron chi connectivity index (χ1n) is 15.5. The number of amides is 1. The van der Waals surface area contributed by atoms with Crippen molar-refractivity contribution in [3.63, 3.8) is 0 Å². The monoisotopic (exact) mass is 615 g/mol. The predicted molar refractivity (Wildman–Crippen MR) is 171 cm³/mol. The normalized spacial score (nSPS) is 12.6. The molecule has 9 nitrogen and oxygen atoms in total. The summed E-state index contributed by atoms with van der Waals surface area (Å²) < 4.78 is 10.7. The van der Waals surface area contributed by atoms with Gasteiger partial charge >= 0.3 is 11.9 Å². The zero-order valence-electron chi connectivity index (χ0n) is 25.3. The number of carboxylic acids is 2. The number of carbonyl (C=O) groups is 3. The Morgan fingerprint density at radius 2 is 1.16 bits per heavy atom. The molecule has 0 heterocycles. The molecule has 0 saturated heterocycles. The van der Waals surface area contributed by atoms with Crippen molar-refractivity contribution in [1.82, 2.24) is 5.06 Å². The summed E-state index contributed by atoms with van der Waals surface area (Å²) in [5.74, 6) is -3.90. The van der Waals surface area contributed by atoms with Crippen molar-refractivity contribution in [3.05, 3.63) is 96.1 Å². The molecule has 2 unspecified atom stereocenters. The summed E-state index contributed by atoms with van der Waals surface area (Å²) in [5.41, 5.74) is 2.42. The van der Waals surface area contributed by atoms with E-state index in [9.17, 15) is 24.7 Å². The molecule has 45 heavy (non-hydrogen) atoms. The van der Waals surface area contributed by atoms with Crippen LogP contribution in [0.4, 0.5) is 0 Å². The zero-order valence-corrected chi connectivity index (χ0v) is 25.3. The van der Waals surface area contributed by atoms with Gasteiger partial charge in [0.05, 0.1) is 0 Å². The fourth-order valence-corrected chi connectivity index (χ4v) is 5.37. The van der Waals surface area contributed by atoms with E-state index in [-0.39, 0.29) is 13.2 Å². The molecule has 0 aliphatic rings. The standard InChI is InChI=1S/C36H41NO8/c38-32(39)25-45-34(36(41)42)33(44-22-10-2-4-12-27-18-20-29-14-6-8-16-31(29)24-27)35(40)37(43)21-9-1-3-11-26-17-19-28-13-5-7-15-30(28)23-26/h5-8,13-20,23-24,33-34,43H,1-4,9-12,21-22,25H2,(H,38,39)(H,41,42). The Balaban J connectivity index is 1.24. The number of fused-ring (bicyclic) bond motifs is 2. The number of hydrogen-bond donors (Lipinski definition) is 3. The first kappa shape index (κ1) is 33.6. The number of carboxylic acid groups (broad SMARTS) is 2. The minimum Gasteiger partial charge on any atom is -0.480 e. The van der Waals surface area contributed by atoms with Crippen molar-refractivity contribution in [3.8, 4) is 0 Å². The molecule has 0 aliphatic heterocycles. The third-order valence-corrected chi connectivity index (χ3v) is 7.77. The van der Waals surface area contributed by atoms with Crippen LogP contribution in [0.2, 0.25) is 0 Å². The van der Waals surface area contributed by atoms with Crippen molar-refractivity contribution in [2.24, 2.45) is 0 Å². The molecule has 0 spiro atoms. The summed E-state index contributed by atoms with van der Waals surface area (Å²) in [7, 11) is 0. The van der Waals surface area contributed by atoms with Crippen molar-refractivity contribution in [2.75, 3.05) is 19.8 Å². The fourth-order valence-electron chi connectivity index (χ4n) is 5.37. The highest BCUT2D eigenvalue weighted by Crippen LogP contribution is 2.19. The number of benzene rings is 4. The summed E-state index contributed by atoms with van der Waals surface area (Å²) in [5, 5.41) is 34.4. The van der Waals surface area contributed by atoms with Gasteiger partial charge in [0.15, 0.2) is 12.2 Å². The quantitative estimate of drug-likeness (QED) is 0.0638.